The molecular weight excluding hydrogens is 445 g/mol. The summed E-state index contributed by atoms with van der Waals surface area (Å²) in [7, 11) is 3.48. The van der Waals surface area contributed by atoms with Crippen LogP contribution in [0.25, 0.3) is 11.3 Å². The molecule has 0 spiro atoms. The maximum atomic E-state index is 5.93. The maximum Gasteiger partial charge on any atom is 0.194 e. The van der Waals surface area contributed by atoms with Gasteiger partial charge < -0.3 is 24.1 Å². The lowest BCUT2D eigenvalue weighted by atomic mass is 10.2. The monoisotopic (exact) mass is 471 g/mol. The number of guanidine groups is 1. The second kappa shape index (κ2) is 10.5. The number of aliphatic imine (C=N–C) groups is 1. The first-order chi connectivity index (χ1) is 12.3. The Kier molecular flexibility index (Phi) is 8.40. The Hall–Kier alpha value is -1.58. The molecule has 1 unspecified atom stereocenters. The van der Waals surface area contributed by atoms with Crippen LogP contribution in [-0.4, -0.2) is 57.4 Å². The Morgan fingerprint density at radius 1 is 1.27 bits per heavy atom. The lowest BCUT2D eigenvalue weighted by Gasteiger charge is -2.34. The largest absolute Gasteiger partial charge is 0.459 e. The lowest BCUT2D eigenvalue weighted by Crippen LogP contribution is -2.51. The molecule has 3 rings (SSSR count). The van der Waals surface area contributed by atoms with Gasteiger partial charge in [0.2, 0.25) is 0 Å². The van der Waals surface area contributed by atoms with Crippen LogP contribution in [0.15, 0.2) is 51.9 Å². The van der Waals surface area contributed by atoms with Gasteiger partial charge in [0.15, 0.2) is 5.96 Å². The van der Waals surface area contributed by atoms with Crippen LogP contribution < -0.4 is 5.32 Å². The smallest absolute Gasteiger partial charge is 0.194 e. The summed E-state index contributed by atoms with van der Waals surface area (Å²) in [5.41, 5.74) is 1.08. The molecular formula is C19H26IN3O3. The molecule has 1 fully saturated rings. The predicted molar refractivity (Wildman–Crippen MR) is 113 cm³/mol. The minimum absolute atomic E-state index is 0. The summed E-state index contributed by atoms with van der Waals surface area (Å²) in [4.78, 5) is 6.57. The second-order valence-corrected chi connectivity index (χ2v) is 5.93. The number of nitrogens with zero attached hydrogens (tertiary/aromatic N) is 2. The van der Waals surface area contributed by atoms with E-state index in [0.717, 1.165) is 36.1 Å². The predicted octanol–water partition coefficient (Wildman–Crippen LogP) is 2.99. The molecule has 1 saturated heterocycles. The molecule has 0 aliphatic carbocycles. The highest BCUT2D eigenvalue weighted by Crippen LogP contribution is 2.21. The summed E-state index contributed by atoms with van der Waals surface area (Å²) < 4.78 is 16.8. The van der Waals surface area contributed by atoms with E-state index in [1.807, 2.05) is 42.5 Å². The number of halogens is 1. The molecule has 26 heavy (non-hydrogen) atoms. The van der Waals surface area contributed by atoms with Crippen molar-refractivity contribution < 1.29 is 13.9 Å². The Balaban J connectivity index is 0.00000243. The van der Waals surface area contributed by atoms with Crippen LogP contribution in [0.2, 0.25) is 0 Å². The van der Waals surface area contributed by atoms with Gasteiger partial charge in [-0.2, -0.15) is 0 Å². The minimum Gasteiger partial charge on any atom is -0.459 e. The van der Waals surface area contributed by atoms with Gasteiger partial charge in [-0.05, 0) is 12.1 Å². The van der Waals surface area contributed by atoms with Gasteiger partial charge in [-0.15, -0.1) is 24.0 Å². The van der Waals surface area contributed by atoms with E-state index in [1.54, 1.807) is 14.2 Å². The van der Waals surface area contributed by atoms with Crippen molar-refractivity contribution in [2.75, 3.05) is 40.5 Å². The van der Waals surface area contributed by atoms with Gasteiger partial charge in [0, 0.05) is 32.8 Å². The van der Waals surface area contributed by atoms with Crippen molar-refractivity contribution in [1.29, 1.82) is 0 Å². The molecule has 1 atom stereocenters. The van der Waals surface area contributed by atoms with Gasteiger partial charge in [0.1, 0.15) is 11.5 Å². The first-order valence-electron chi connectivity index (χ1n) is 8.50. The van der Waals surface area contributed by atoms with E-state index >= 15 is 0 Å². The highest BCUT2D eigenvalue weighted by atomic mass is 127. The van der Waals surface area contributed by atoms with E-state index in [1.165, 1.54) is 0 Å². The molecule has 1 N–H and O–H groups in total. The van der Waals surface area contributed by atoms with Gasteiger partial charge in [-0.1, -0.05) is 30.3 Å². The first kappa shape index (κ1) is 20.7. The molecule has 0 saturated carbocycles. The number of nitrogens with one attached hydrogen (secondary N) is 1. The van der Waals surface area contributed by atoms with E-state index in [0.29, 0.717) is 19.8 Å². The SMILES string of the molecule is CN=C(NCc1ccc(-c2ccccc2)o1)N1CCOC(COC)C1.I. The van der Waals surface area contributed by atoms with E-state index < -0.39 is 0 Å². The zero-order chi connectivity index (χ0) is 17.5. The van der Waals surface area contributed by atoms with Crippen molar-refractivity contribution >= 4 is 29.9 Å². The average molecular weight is 471 g/mol. The molecule has 7 heteroatoms. The third kappa shape index (κ3) is 5.46. The summed E-state index contributed by atoms with van der Waals surface area (Å²) in [5.74, 6) is 2.60. The van der Waals surface area contributed by atoms with E-state index in [2.05, 4.69) is 15.2 Å². The number of methoxy groups -OCH3 is 1. The van der Waals surface area contributed by atoms with Crippen LogP contribution in [0, 0.1) is 0 Å². The topological polar surface area (TPSA) is 59.2 Å². The number of furan rings is 1. The van der Waals surface area contributed by atoms with Crippen LogP contribution in [0.3, 0.4) is 0 Å². The molecule has 6 nitrogen and oxygen atoms in total. The third-order valence-electron chi connectivity index (χ3n) is 4.14. The fourth-order valence-corrected chi connectivity index (χ4v) is 2.93. The molecule has 1 aliphatic rings. The van der Waals surface area contributed by atoms with Gasteiger partial charge in [-0.25, -0.2) is 0 Å². The Morgan fingerprint density at radius 3 is 2.81 bits per heavy atom. The number of benzene rings is 1. The van der Waals surface area contributed by atoms with Gasteiger partial charge in [0.05, 0.1) is 25.9 Å². The quantitative estimate of drug-likeness (QED) is 0.413. The zero-order valence-electron chi connectivity index (χ0n) is 15.2. The minimum atomic E-state index is 0. The molecule has 0 bridgehead atoms. The molecule has 1 aliphatic heterocycles. The molecule has 2 aromatic rings. The van der Waals surface area contributed by atoms with Crippen molar-refractivity contribution in [2.45, 2.75) is 12.6 Å². The zero-order valence-corrected chi connectivity index (χ0v) is 17.5. The summed E-state index contributed by atoms with van der Waals surface area (Å²) >= 11 is 0. The van der Waals surface area contributed by atoms with Gasteiger partial charge >= 0.3 is 0 Å². The molecule has 1 aromatic carbocycles. The highest BCUT2D eigenvalue weighted by Gasteiger charge is 2.22. The van der Waals surface area contributed by atoms with Crippen LogP contribution in [-0.2, 0) is 16.0 Å². The standard InChI is InChI=1S/C19H25N3O3.HI/c1-20-19(22-10-11-24-17(13-22)14-23-2)21-12-16-8-9-18(25-16)15-6-4-3-5-7-15;/h3-9,17H,10-14H2,1-2H3,(H,20,21);1H. The number of morpholine rings is 1. The van der Waals surface area contributed by atoms with Gasteiger partial charge in [-0.3, -0.25) is 4.99 Å². The number of ether oxygens (including phenoxy) is 2. The third-order valence-corrected chi connectivity index (χ3v) is 4.14. The van der Waals surface area contributed by atoms with Crippen molar-refractivity contribution in [3.8, 4) is 11.3 Å². The Bertz CT molecular complexity index is 688. The number of hydrogen-bond acceptors (Lipinski definition) is 4. The van der Waals surface area contributed by atoms with Crippen molar-refractivity contribution in [3.05, 3.63) is 48.2 Å². The van der Waals surface area contributed by atoms with E-state index in [-0.39, 0.29) is 30.1 Å². The fourth-order valence-electron chi connectivity index (χ4n) is 2.93. The van der Waals surface area contributed by atoms with Crippen molar-refractivity contribution in [1.82, 2.24) is 10.2 Å². The van der Waals surface area contributed by atoms with E-state index in [4.69, 9.17) is 13.9 Å². The summed E-state index contributed by atoms with van der Waals surface area (Å²) in [6.07, 6.45) is 0.0746. The van der Waals surface area contributed by atoms with Crippen LogP contribution in [0.1, 0.15) is 5.76 Å². The normalized spacial score (nSPS) is 17.7. The van der Waals surface area contributed by atoms with Gasteiger partial charge in [0.25, 0.3) is 0 Å². The van der Waals surface area contributed by atoms with Crippen LogP contribution >= 0.6 is 24.0 Å². The maximum absolute atomic E-state index is 5.93. The molecule has 2 heterocycles. The summed E-state index contributed by atoms with van der Waals surface area (Å²) in [5, 5.41) is 3.37. The molecule has 142 valence electrons. The second-order valence-electron chi connectivity index (χ2n) is 5.93. The number of rotatable bonds is 5. The molecule has 0 radical (unpaired) electrons. The summed E-state index contributed by atoms with van der Waals surface area (Å²) in [6, 6.07) is 14.1. The lowest BCUT2D eigenvalue weighted by molar-refractivity contribution is -0.0447. The highest BCUT2D eigenvalue weighted by molar-refractivity contribution is 14.0. The average Bonchev–Trinajstić information content (AvgIpc) is 3.13. The Morgan fingerprint density at radius 2 is 2.08 bits per heavy atom. The fraction of sp³-hybridized carbons (Fsp3) is 0.421. The number of hydrogen-bond donors (Lipinski definition) is 1. The van der Waals surface area contributed by atoms with Crippen LogP contribution in [0.5, 0.6) is 0 Å². The van der Waals surface area contributed by atoms with Crippen LogP contribution in [0.4, 0.5) is 0 Å². The van der Waals surface area contributed by atoms with Crippen molar-refractivity contribution in [2.24, 2.45) is 4.99 Å². The van der Waals surface area contributed by atoms with E-state index in [9.17, 15) is 0 Å². The van der Waals surface area contributed by atoms with Crippen molar-refractivity contribution in [3.63, 3.8) is 0 Å². The molecule has 0 amide bonds. The Labute approximate surface area is 171 Å². The molecule has 1 aromatic heterocycles. The summed E-state index contributed by atoms with van der Waals surface area (Å²) in [6.45, 7) is 3.43. The first-order valence-corrected chi connectivity index (χ1v) is 8.50.